The molecule has 0 amide bonds. The van der Waals surface area contributed by atoms with Gasteiger partial charge in [0.1, 0.15) is 0 Å². The zero-order valence-electron chi connectivity index (χ0n) is 7.00. The Kier molecular flexibility index (Phi) is 2.56. The van der Waals surface area contributed by atoms with Gasteiger partial charge >= 0.3 is 0 Å². The summed E-state index contributed by atoms with van der Waals surface area (Å²) in [5, 5.41) is 0. The molecule has 1 aromatic heterocycles. The number of rotatable bonds is 2. The molecule has 0 aliphatic carbocycles. The minimum Gasteiger partial charge on any atom is -0.345 e. The molecular weight excluding hydrogens is 267 g/mol. The lowest BCUT2D eigenvalue weighted by Gasteiger charge is -2.00. The monoisotopic (exact) mass is 272 g/mol. The molecule has 1 N–H and O–H groups in total. The molecule has 1 aromatic carbocycles. The number of ketones is 1. The average Bonchev–Trinajstić information content (AvgIpc) is 2.62. The molecule has 0 bridgehead atoms. The number of fused-ring (bicyclic) bond motifs is 1. The number of carbonyl (C=O) groups is 1. The molecule has 2 aromatic rings. The van der Waals surface area contributed by atoms with Crippen molar-refractivity contribution in [3.05, 3.63) is 30.1 Å². The van der Waals surface area contributed by atoms with Gasteiger partial charge < -0.3 is 4.98 Å². The third-order valence-electron chi connectivity index (χ3n) is 1.90. The van der Waals surface area contributed by atoms with Crippen LogP contribution in [0.2, 0.25) is 0 Å². The second-order valence-corrected chi connectivity index (χ2v) is 4.68. The number of hydrogen-bond acceptors (Lipinski definition) is 2. The number of aromatic amines is 1. The zero-order chi connectivity index (χ0) is 10.1. The number of alkyl halides is 2. The number of halogens is 2. The maximum absolute atomic E-state index is 11.5. The van der Waals surface area contributed by atoms with Gasteiger partial charge in [-0.2, -0.15) is 0 Å². The summed E-state index contributed by atoms with van der Waals surface area (Å²) in [5.41, 5.74) is 2.24. The van der Waals surface area contributed by atoms with Gasteiger partial charge in [0.25, 0.3) is 0 Å². The maximum atomic E-state index is 11.5. The molecule has 3 nitrogen and oxygen atoms in total. The standard InChI is InChI=1S/C9H6BrClN2O/c10-9(11)8(14)5-1-2-6-7(3-5)13-4-12-6/h1-4,9H,(H,12,13). The molecule has 0 saturated carbocycles. The van der Waals surface area contributed by atoms with Crippen LogP contribution in [0.1, 0.15) is 10.4 Å². The summed E-state index contributed by atoms with van der Waals surface area (Å²) in [6.45, 7) is 0. The molecule has 72 valence electrons. The van der Waals surface area contributed by atoms with Gasteiger partial charge in [-0.25, -0.2) is 4.98 Å². The second-order valence-electron chi connectivity index (χ2n) is 2.80. The Morgan fingerprint density at radius 3 is 3.07 bits per heavy atom. The summed E-state index contributed by atoms with van der Waals surface area (Å²) >= 11 is 8.65. The van der Waals surface area contributed by atoms with Crippen LogP contribution in [0.3, 0.4) is 0 Å². The summed E-state index contributed by atoms with van der Waals surface area (Å²) in [5.74, 6) is -0.150. The van der Waals surface area contributed by atoms with E-state index in [1.807, 2.05) is 0 Å². The fraction of sp³-hybridized carbons (Fsp3) is 0.111. The second kappa shape index (κ2) is 3.71. The third-order valence-corrected chi connectivity index (χ3v) is 2.52. The van der Waals surface area contributed by atoms with Gasteiger partial charge in [-0.3, -0.25) is 4.79 Å². The Hall–Kier alpha value is -0.870. The molecule has 1 unspecified atom stereocenters. The highest BCUT2D eigenvalue weighted by Gasteiger charge is 2.14. The maximum Gasteiger partial charge on any atom is 0.191 e. The van der Waals surface area contributed by atoms with Crippen molar-refractivity contribution in [1.82, 2.24) is 9.97 Å². The lowest BCUT2D eigenvalue weighted by atomic mass is 10.1. The fourth-order valence-electron chi connectivity index (χ4n) is 1.21. The molecular formula is C9H6BrClN2O. The van der Waals surface area contributed by atoms with Crippen molar-refractivity contribution in [1.29, 1.82) is 0 Å². The smallest absolute Gasteiger partial charge is 0.191 e. The first-order valence-corrected chi connectivity index (χ1v) is 5.29. The zero-order valence-corrected chi connectivity index (χ0v) is 9.34. The molecule has 0 spiro atoms. The Morgan fingerprint density at radius 2 is 2.36 bits per heavy atom. The number of benzene rings is 1. The number of nitrogens with zero attached hydrogens (tertiary/aromatic N) is 1. The van der Waals surface area contributed by atoms with Crippen LogP contribution in [0.25, 0.3) is 11.0 Å². The Morgan fingerprint density at radius 1 is 1.57 bits per heavy atom. The first kappa shape index (κ1) is 9.68. The van der Waals surface area contributed by atoms with E-state index in [0.717, 1.165) is 11.0 Å². The molecule has 1 atom stereocenters. The van der Waals surface area contributed by atoms with Gasteiger partial charge in [0.15, 0.2) is 10.1 Å². The predicted molar refractivity (Wildman–Crippen MR) is 59.0 cm³/mol. The van der Waals surface area contributed by atoms with Crippen molar-refractivity contribution in [3.63, 3.8) is 0 Å². The highest BCUT2D eigenvalue weighted by molar-refractivity contribution is 9.10. The van der Waals surface area contributed by atoms with Gasteiger partial charge in [0, 0.05) is 5.56 Å². The van der Waals surface area contributed by atoms with Crippen LogP contribution in [0, 0.1) is 0 Å². The number of H-pyrrole nitrogens is 1. The largest absolute Gasteiger partial charge is 0.345 e. The molecule has 5 heteroatoms. The molecule has 14 heavy (non-hydrogen) atoms. The minimum absolute atomic E-state index is 0.150. The van der Waals surface area contributed by atoms with Crippen molar-refractivity contribution in [2.45, 2.75) is 4.29 Å². The van der Waals surface area contributed by atoms with Crippen LogP contribution < -0.4 is 0 Å². The molecule has 0 aliphatic rings. The van der Waals surface area contributed by atoms with Crippen molar-refractivity contribution in [3.8, 4) is 0 Å². The van der Waals surface area contributed by atoms with E-state index in [4.69, 9.17) is 11.6 Å². The van der Waals surface area contributed by atoms with Crippen molar-refractivity contribution in [2.75, 3.05) is 0 Å². The highest BCUT2D eigenvalue weighted by atomic mass is 79.9. The van der Waals surface area contributed by atoms with Gasteiger partial charge in [-0.1, -0.05) is 15.9 Å². The van der Waals surface area contributed by atoms with Crippen LogP contribution in [-0.2, 0) is 0 Å². The van der Waals surface area contributed by atoms with Gasteiger partial charge in [-0.15, -0.1) is 11.6 Å². The first-order valence-electron chi connectivity index (χ1n) is 3.94. The van der Waals surface area contributed by atoms with Crippen molar-refractivity contribution >= 4 is 44.3 Å². The average molecular weight is 274 g/mol. The van der Waals surface area contributed by atoms with Gasteiger partial charge in [-0.05, 0) is 18.2 Å². The predicted octanol–water partition coefficient (Wildman–Crippen LogP) is 2.71. The summed E-state index contributed by atoms with van der Waals surface area (Å²) in [7, 11) is 0. The molecule has 2 rings (SSSR count). The van der Waals surface area contributed by atoms with Crippen molar-refractivity contribution in [2.24, 2.45) is 0 Å². The van der Waals surface area contributed by atoms with Crippen LogP contribution in [0.4, 0.5) is 0 Å². The number of aromatic nitrogens is 2. The van der Waals surface area contributed by atoms with Crippen molar-refractivity contribution < 1.29 is 4.79 Å². The van der Waals surface area contributed by atoms with Crippen LogP contribution in [-0.4, -0.2) is 20.0 Å². The Bertz CT molecular complexity index is 480. The van der Waals surface area contributed by atoms with E-state index >= 15 is 0 Å². The van der Waals surface area contributed by atoms with E-state index < -0.39 is 4.29 Å². The summed E-state index contributed by atoms with van der Waals surface area (Å²) in [6.07, 6.45) is 1.59. The minimum atomic E-state index is -0.678. The number of hydrogen-bond donors (Lipinski definition) is 1. The molecule has 0 fully saturated rings. The Labute approximate surface area is 93.6 Å². The molecule has 0 radical (unpaired) electrons. The number of imidazole rings is 1. The van der Waals surface area contributed by atoms with Gasteiger partial charge in [0.2, 0.25) is 0 Å². The van der Waals surface area contributed by atoms with Crippen LogP contribution >= 0.6 is 27.5 Å². The van der Waals surface area contributed by atoms with E-state index in [1.54, 1.807) is 24.5 Å². The van der Waals surface area contributed by atoms with Crippen LogP contribution in [0.15, 0.2) is 24.5 Å². The Balaban J connectivity index is 2.48. The number of nitrogens with one attached hydrogen (secondary N) is 1. The molecule has 0 saturated heterocycles. The van der Waals surface area contributed by atoms with E-state index in [0.29, 0.717) is 5.56 Å². The fourth-order valence-corrected chi connectivity index (χ4v) is 1.61. The number of Topliss-reactive ketones (excluding diaryl/α,β-unsaturated/α-hetero) is 1. The summed E-state index contributed by atoms with van der Waals surface area (Å²) in [6, 6.07) is 5.23. The number of carbonyl (C=O) groups excluding carboxylic acids is 1. The van der Waals surface area contributed by atoms with E-state index in [9.17, 15) is 4.79 Å². The summed E-state index contributed by atoms with van der Waals surface area (Å²) < 4.78 is -0.678. The molecule has 1 heterocycles. The lowest BCUT2D eigenvalue weighted by Crippen LogP contribution is -2.07. The highest BCUT2D eigenvalue weighted by Crippen LogP contribution is 2.17. The third kappa shape index (κ3) is 1.67. The normalized spacial score (nSPS) is 13.0. The summed E-state index contributed by atoms with van der Waals surface area (Å²) in [4.78, 5) is 18.5. The lowest BCUT2D eigenvalue weighted by molar-refractivity contribution is 0.101. The quantitative estimate of drug-likeness (QED) is 0.675. The van der Waals surface area contributed by atoms with Crippen LogP contribution in [0.5, 0.6) is 0 Å². The topological polar surface area (TPSA) is 45.8 Å². The van der Waals surface area contributed by atoms with E-state index in [2.05, 4.69) is 25.9 Å². The van der Waals surface area contributed by atoms with E-state index in [1.165, 1.54) is 0 Å². The SMILES string of the molecule is O=C(c1ccc2nc[nH]c2c1)C(Cl)Br. The first-order chi connectivity index (χ1) is 6.68. The van der Waals surface area contributed by atoms with E-state index in [-0.39, 0.29) is 5.78 Å². The molecule has 0 aliphatic heterocycles. The van der Waals surface area contributed by atoms with Gasteiger partial charge in [0.05, 0.1) is 17.4 Å².